The summed E-state index contributed by atoms with van der Waals surface area (Å²) >= 11 is 7.47. The van der Waals surface area contributed by atoms with Crippen molar-refractivity contribution in [2.75, 3.05) is 0 Å². The number of hydrogen-bond donors (Lipinski definition) is 0. The van der Waals surface area contributed by atoms with Gasteiger partial charge in [0.05, 0.1) is 4.34 Å². The minimum absolute atomic E-state index is 0.707. The molecule has 0 aliphatic carbocycles. The quantitative estimate of drug-likeness (QED) is 0.664. The molecule has 11 heavy (non-hydrogen) atoms. The molecule has 0 N–H and O–H groups in total. The van der Waals surface area contributed by atoms with Crippen molar-refractivity contribution in [3.8, 4) is 0 Å². The number of hydrogen-bond acceptors (Lipinski definition) is 1. The van der Waals surface area contributed by atoms with Crippen LogP contribution in [-0.4, -0.2) is 0 Å². The zero-order chi connectivity index (χ0) is 8.27. The van der Waals surface area contributed by atoms with Crippen molar-refractivity contribution in [2.24, 2.45) is 0 Å². The highest BCUT2D eigenvalue weighted by Crippen LogP contribution is 2.29. The standard InChI is InChI=1S/C9H13ClS/c1-3-7(4-2)8-5-9(10)11-6-8/h5-7H,3-4H2,1-2H3. The fourth-order valence-corrected chi connectivity index (χ4v) is 2.27. The molecule has 0 nitrogen and oxygen atoms in total. The molecule has 0 unspecified atom stereocenters. The van der Waals surface area contributed by atoms with Crippen LogP contribution >= 0.6 is 22.9 Å². The molecule has 0 aliphatic rings. The Bertz CT molecular complexity index is 213. The van der Waals surface area contributed by atoms with Crippen LogP contribution in [0.3, 0.4) is 0 Å². The van der Waals surface area contributed by atoms with E-state index in [1.54, 1.807) is 11.3 Å². The second-order valence-electron chi connectivity index (χ2n) is 2.70. The summed E-state index contributed by atoms with van der Waals surface area (Å²) in [7, 11) is 0. The van der Waals surface area contributed by atoms with E-state index in [9.17, 15) is 0 Å². The minimum Gasteiger partial charge on any atom is -0.132 e. The topological polar surface area (TPSA) is 0 Å². The van der Waals surface area contributed by atoms with Crippen molar-refractivity contribution in [3.63, 3.8) is 0 Å². The van der Waals surface area contributed by atoms with Crippen molar-refractivity contribution in [1.29, 1.82) is 0 Å². The third kappa shape index (κ3) is 2.21. The number of rotatable bonds is 3. The minimum atomic E-state index is 0.707. The van der Waals surface area contributed by atoms with Crippen LogP contribution in [0.2, 0.25) is 4.34 Å². The van der Waals surface area contributed by atoms with Gasteiger partial charge in [-0.25, -0.2) is 0 Å². The maximum Gasteiger partial charge on any atom is 0.0931 e. The maximum absolute atomic E-state index is 5.84. The highest BCUT2D eigenvalue weighted by atomic mass is 35.5. The molecular weight excluding hydrogens is 176 g/mol. The summed E-state index contributed by atoms with van der Waals surface area (Å²) in [4.78, 5) is 0. The Hall–Kier alpha value is -0.0100. The van der Waals surface area contributed by atoms with Crippen LogP contribution in [0.1, 0.15) is 38.2 Å². The predicted octanol–water partition coefficient (Wildman–Crippen LogP) is 4.31. The van der Waals surface area contributed by atoms with E-state index >= 15 is 0 Å². The second kappa shape index (κ2) is 4.13. The fourth-order valence-electron chi connectivity index (χ4n) is 1.30. The average Bonchev–Trinajstić information content (AvgIpc) is 2.39. The summed E-state index contributed by atoms with van der Waals surface area (Å²) in [6.45, 7) is 4.44. The van der Waals surface area contributed by atoms with Crippen molar-refractivity contribution in [1.82, 2.24) is 0 Å². The molecule has 0 saturated carbocycles. The Morgan fingerprint density at radius 2 is 2.09 bits per heavy atom. The molecule has 0 aliphatic heterocycles. The first kappa shape index (κ1) is 9.08. The number of halogens is 1. The molecule has 0 radical (unpaired) electrons. The molecule has 0 spiro atoms. The van der Waals surface area contributed by atoms with Crippen molar-refractivity contribution in [3.05, 3.63) is 21.3 Å². The van der Waals surface area contributed by atoms with Crippen molar-refractivity contribution in [2.45, 2.75) is 32.6 Å². The van der Waals surface area contributed by atoms with Crippen LogP contribution in [0.15, 0.2) is 11.4 Å². The zero-order valence-corrected chi connectivity index (χ0v) is 8.50. The second-order valence-corrected chi connectivity index (χ2v) is 4.24. The first-order chi connectivity index (χ1) is 5.27. The largest absolute Gasteiger partial charge is 0.132 e. The molecule has 1 heterocycles. The average molecular weight is 189 g/mol. The van der Waals surface area contributed by atoms with E-state index in [1.165, 1.54) is 18.4 Å². The lowest BCUT2D eigenvalue weighted by molar-refractivity contribution is 0.644. The molecule has 0 bridgehead atoms. The van der Waals surface area contributed by atoms with E-state index in [-0.39, 0.29) is 0 Å². The van der Waals surface area contributed by atoms with Gasteiger partial charge in [-0.2, -0.15) is 0 Å². The lowest BCUT2D eigenvalue weighted by Gasteiger charge is -2.08. The van der Waals surface area contributed by atoms with E-state index < -0.39 is 0 Å². The lowest BCUT2D eigenvalue weighted by Crippen LogP contribution is -1.91. The normalized spacial score (nSPS) is 10.9. The Labute approximate surface area is 77.2 Å². The van der Waals surface area contributed by atoms with Crippen LogP contribution in [0.5, 0.6) is 0 Å². The molecular formula is C9H13ClS. The molecule has 2 heteroatoms. The Balaban J connectivity index is 2.73. The fraction of sp³-hybridized carbons (Fsp3) is 0.556. The summed E-state index contributed by atoms with van der Waals surface area (Å²) < 4.78 is 0.909. The Morgan fingerprint density at radius 3 is 2.45 bits per heavy atom. The third-order valence-corrected chi connectivity index (χ3v) is 3.15. The van der Waals surface area contributed by atoms with Crippen molar-refractivity contribution < 1.29 is 0 Å². The smallest absolute Gasteiger partial charge is 0.0931 e. The van der Waals surface area contributed by atoms with Gasteiger partial charge < -0.3 is 0 Å². The molecule has 0 atom stereocenters. The molecule has 0 fully saturated rings. The highest BCUT2D eigenvalue weighted by molar-refractivity contribution is 7.14. The monoisotopic (exact) mass is 188 g/mol. The third-order valence-electron chi connectivity index (χ3n) is 2.04. The van der Waals surface area contributed by atoms with Crippen LogP contribution in [0.4, 0.5) is 0 Å². The van der Waals surface area contributed by atoms with E-state index in [1.807, 2.05) is 0 Å². The molecule has 0 aromatic carbocycles. The summed E-state index contributed by atoms with van der Waals surface area (Å²) in [5.41, 5.74) is 1.41. The van der Waals surface area contributed by atoms with E-state index in [0.717, 1.165) is 4.34 Å². The predicted molar refractivity (Wildman–Crippen MR) is 52.7 cm³/mol. The number of thiophene rings is 1. The maximum atomic E-state index is 5.84. The van der Waals surface area contributed by atoms with Crippen LogP contribution in [0, 0.1) is 0 Å². The van der Waals surface area contributed by atoms with E-state index in [2.05, 4.69) is 25.3 Å². The highest BCUT2D eigenvalue weighted by Gasteiger charge is 2.07. The molecule has 0 saturated heterocycles. The van der Waals surface area contributed by atoms with Gasteiger partial charge in [0, 0.05) is 0 Å². The van der Waals surface area contributed by atoms with Gasteiger partial charge >= 0.3 is 0 Å². The van der Waals surface area contributed by atoms with Gasteiger partial charge in [-0.15, -0.1) is 11.3 Å². The summed E-state index contributed by atoms with van der Waals surface area (Å²) in [6.07, 6.45) is 2.42. The van der Waals surface area contributed by atoms with Crippen molar-refractivity contribution >= 4 is 22.9 Å². The van der Waals surface area contributed by atoms with Gasteiger partial charge in [-0.05, 0) is 35.8 Å². The zero-order valence-electron chi connectivity index (χ0n) is 6.93. The first-order valence-corrected chi connectivity index (χ1v) is 5.27. The van der Waals surface area contributed by atoms with Crippen LogP contribution in [0.25, 0.3) is 0 Å². The van der Waals surface area contributed by atoms with Crippen LogP contribution in [-0.2, 0) is 0 Å². The van der Waals surface area contributed by atoms with E-state index in [4.69, 9.17) is 11.6 Å². The van der Waals surface area contributed by atoms with E-state index in [0.29, 0.717) is 5.92 Å². The SMILES string of the molecule is CCC(CC)c1csc(Cl)c1. The van der Waals surface area contributed by atoms with Gasteiger partial charge in [0.2, 0.25) is 0 Å². The molecule has 62 valence electrons. The van der Waals surface area contributed by atoms with Gasteiger partial charge in [0.15, 0.2) is 0 Å². The molecule has 1 rings (SSSR count). The Morgan fingerprint density at radius 1 is 1.45 bits per heavy atom. The van der Waals surface area contributed by atoms with Gasteiger partial charge in [0.25, 0.3) is 0 Å². The lowest BCUT2D eigenvalue weighted by atomic mass is 9.97. The summed E-state index contributed by atoms with van der Waals surface area (Å²) in [6, 6.07) is 2.09. The summed E-state index contributed by atoms with van der Waals surface area (Å²) in [5.74, 6) is 0.707. The van der Waals surface area contributed by atoms with Gasteiger partial charge in [0.1, 0.15) is 0 Å². The molecule has 0 amide bonds. The summed E-state index contributed by atoms with van der Waals surface area (Å²) in [5, 5.41) is 2.17. The van der Waals surface area contributed by atoms with Gasteiger partial charge in [-0.3, -0.25) is 0 Å². The first-order valence-electron chi connectivity index (χ1n) is 4.01. The Kier molecular flexibility index (Phi) is 3.41. The van der Waals surface area contributed by atoms with Crippen LogP contribution < -0.4 is 0 Å². The van der Waals surface area contributed by atoms with Gasteiger partial charge in [-0.1, -0.05) is 25.4 Å². The molecule has 1 aromatic rings. The molecule has 1 aromatic heterocycles.